The van der Waals surface area contributed by atoms with Crippen LogP contribution in [0.5, 0.6) is 5.88 Å². The van der Waals surface area contributed by atoms with Gasteiger partial charge in [-0.25, -0.2) is 23.5 Å². The maximum absolute atomic E-state index is 12.4. The van der Waals surface area contributed by atoms with Crippen molar-refractivity contribution in [3.05, 3.63) is 46.1 Å². The first-order valence-electron chi connectivity index (χ1n) is 10.8. The molecule has 5 unspecified atom stereocenters. The highest BCUT2D eigenvalue weighted by molar-refractivity contribution is 7.66. The van der Waals surface area contributed by atoms with E-state index in [1.807, 2.05) is 0 Å². The van der Waals surface area contributed by atoms with Crippen molar-refractivity contribution in [3.8, 4) is 17.7 Å². The lowest BCUT2D eigenvalue weighted by atomic mass is 10.2. The van der Waals surface area contributed by atoms with Crippen LogP contribution in [-0.2, 0) is 36.6 Å². The van der Waals surface area contributed by atoms with Crippen molar-refractivity contribution in [2.75, 3.05) is 12.3 Å². The number of carbonyl (C=O) groups is 1. The molecule has 0 aromatic carbocycles. The molecule has 2 aromatic rings. The number of aliphatic hydroxyl groups is 1. The van der Waals surface area contributed by atoms with Gasteiger partial charge in [0.15, 0.2) is 12.5 Å². The minimum absolute atomic E-state index is 0.0246. The second-order valence-corrected chi connectivity index (χ2v) is 12.0. The molecule has 0 bridgehead atoms. The third-order valence-corrected chi connectivity index (χ3v) is 8.25. The molecular formula is C17H21N6O16P3. The van der Waals surface area contributed by atoms with E-state index in [1.165, 1.54) is 18.3 Å². The maximum atomic E-state index is 12.4. The van der Waals surface area contributed by atoms with E-state index in [9.17, 15) is 33.3 Å². The molecule has 25 heteroatoms. The summed E-state index contributed by atoms with van der Waals surface area (Å²) in [7, 11) is -17.1. The van der Waals surface area contributed by atoms with E-state index in [2.05, 4.69) is 50.1 Å². The summed E-state index contributed by atoms with van der Waals surface area (Å²) in [5.74, 6) is 9.39. The molecule has 1 aliphatic rings. The quantitative estimate of drug-likeness (QED) is 0.0567. The van der Waals surface area contributed by atoms with Crippen molar-refractivity contribution < 1.29 is 70.9 Å². The number of aliphatic hydroxyl groups excluding tert-OH is 1. The number of rotatable bonds is 11. The third kappa shape index (κ3) is 9.74. The number of nitrogen functional groups attached to an aromatic ring is 1. The molecule has 1 fully saturated rings. The Labute approximate surface area is 233 Å². The van der Waals surface area contributed by atoms with Crippen LogP contribution in [0.25, 0.3) is 0 Å². The van der Waals surface area contributed by atoms with Gasteiger partial charge in [-0.1, -0.05) is 11.8 Å². The second-order valence-electron chi connectivity index (χ2n) is 7.74. The van der Waals surface area contributed by atoms with Crippen LogP contribution in [0.1, 0.15) is 28.6 Å². The van der Waals surface area contributed by atoms with Crippen LogP contribution >= 0.6 is 23.5 Å². The van der Waals surface area contributed by atoms with Crippen molar-refractivity contribution in [1.82, 2.24) is 19.9 Å². The predicted molar refractivity (Wildman–Crippen MR) is 132 cm³/mol. The Morgan fingerprint density at radius 1 is 1.19 bits per heavy atom. The zero-order valence-corrected chi connectivity index (χ0v) is 23.2. The van der Waals surface area contributed by atoms with Crippen LogP contribution < -0.4 is 27.5 Å². The first kappa shape index (κ1) is 33.4. The highest BCUT2D eigenvalue weighted by Gasteiger charge is 2.43. The number of amides is 1. The Hall–Kier alpha value is -3.09. The lowest BCUT2D eigenvalue weighted by Gasteiger charge is -2.18. The summed E-state index contributed by atoms with van der Waals surface area (Å²) in [4.78, 5) is 76.4. The molecule has 3 rings (SSSR count). The topological polar surface area (TPSA) is 337 Å². The van der Waals surface area contributed by atoms with Gasteiger partial charge in [0.2, 0.25) is 5.88 Å². The highest BCUT2D eigenvalue weighted by atomic mass is 31.3. The van der Waals surface area contributed by atoms with E-state index in [4.69, 9.17) is 31.0 Å². The standard InChI is InChI=1S/C17H21N6O16P3/c18-14-10(2-1-5-20-15(25)9-3-4-12(35-19)21-7-9)8-23(17(26)22-14)16-11(24)6-13(34-16)36-37-41(30,31)39-42(32,33)38-40(27,28)29/h3-4,7-8,11,13,16,24H,5-6,19H2,(H,20,25)(H,30,31)(H,32,33)(H2,18,22,26)(H2,27,28,29). The van der Waals surface area contributed by atoms with E-state index in [0.29, 0.717) is 0 Å². The molecule has 5 atom stereocenters. The number of anilines is 1. The van der Waals surface area contributed by atoms with Gasteiger partial charge in [0.05, 0.1) is 17.7 Å². The molecule has 3 heterocycles. The van der Waals surface area contributed by atoms with E-state index < -0.39 is 60.1 Å². The van der Waals surface area contributed by atoms with Gasteiger partial charge in [0.25, 0.3) is 5.91 Å². The van der Waals surface area contributed by atoms with Crippen LogP contribution in [0.4, 0.5) is 5.82 Å². The van der Waals surface area contributed by atoms with Crippen LogP contribution in [0, 0.1) is 11.8 Å². The number of nitrogens with zero attached hydrogens (tertiary/aromatic N) is 3. The smallest absolute Gasteiger partial charge is 0.391 e. The molecule has 1 amide bonds. The van der Waals surface area contributed by atoms with Gasteiger partial charge < -0.3 is 45.3 Å². The zero-order valence-electron chi connectivity index (χ0n) is 20.5. The van der Waals surface area contributed by atoms with Crippen molar-refractivity contribution >= 4 is 35.2 Å². The molecule has 1 aliphatic heterocycles. The van der Waals surface area contributed by atoms with E-state index in [1.54, 1.807) is 0 Å². The van der Waals surface area contributed by atoms with Crippen LogP contribution in [-0.4, -0.2) is 64.1 Å². The van der Waals surface area contributed by atoms with Crippen molar-refractivity contribution in [1.29, 1.82) is 0 Å². The third-order valence-electron chi connectivity index (χ3n) is 4.65. The van der Waals surface area contributed by atoms with Crippen LogP contribution in [0.2, 0.25) is 0 Å². The summed E-state index contributed by atoms with van der Waals surface area (Å²) in [6.07, 6.45) is -2.97. The molecular weight excluding hydrogens is 637 g/mol. The molecule has 10 N–H and O–H groups in total. The average Bonchev–Trinajstić information content (AvgIpc) is 3.24. The molecule has 1 saturated heterocycles. The fourth-order valence-corrected chi connectivity index (χ4v) is 5.85. The summed E-state index contributed by atoms with van der Waals surface area (Å²) in [5.41, 5.74) is 4.88. The van der Waals surface area contributed by atoms with Gasteiger partial charge in [0.1, 0.15) is 11.9 Å². The maximum Gasteiger partial charge on any atom is 0.508 e. The number of nitrogens with one attached hydrogen (secondary N) is 1. The van der Waals surface area contributed by atoms with Crippen molar-refractivity contribution in [2.24, 2.45) is 5.90 Å². The molecule has 22 nitrogen and oxygen atoms in total. The highest BCUT2D eigenvalue weighted by Crippen LogP contribution is 2.66. The fourth-order valence-electron chi connectivity index (χ4n) is 3.03. The molecule has 0 saturated carbocycles. The van der Waals surface area contributed by atoms with Crippen LogP contribution in [0.3, 0.4) is 0 Å². The van der Waals surface area contributed by atoms with Gasteiger partial charge in [0, 0.05) is 24.9 Å². The summed E-state index contributed by atoms with van der Waals surface area (Å²) < 4.78 is 50.9. The van der Waals surface area contributed by atoms with E-state index in [0.717, 1.165) is 10.8 Å². The van der Waals surface area contributed by atoms with Crippen LogP contribution in [0.15, 0.2) is 29.3 Å². The van der Waals surface area contributed by atoms with E-state index in [-0.39, 0.29) is 29.4 Å². The van der Waals surface area contributed by atoms with Gasteiger partial charge in [-0.15, -0.1) is 4.67 Å². The number of nitrogens with two attached hydrogens (primary N) is 2. The average molecular weight is 658 g/mol. The Balaban J connectivity index is 1.63. The normalized spacial score (nSPS) is 21.4. The number of pyridine rings is 1. The minimum atomic E-state index is -5.81. The summed E-state index contributed by atoms with van der Waals surface area (Å²) in [6.45, 7) is -0.175. The number of hydrogen-bond acceptors (Lipinski definition) is 16. The summed E-state index contributed by atoms with van der Waals surface area (Å²) in [5, 5.41) is 12.8. The predicted octanol–water partition coefficient (Wildman–Crippen LogP) is -1.86. The molecule has 230 valence electrons. The van der Waals surface area contributed by atoms with Gasteiger partial charge in [-0.2, -0.15) is 24.4 Å². The Kier molecular flexibility index (Phi) is 10.7. The Morgan fingerprint density at radius 3 is 2.52 bits per heavy atom. The lowest BCUT2D eigenvalue weighted by molar-refractivity contribution is -0.326. The Morgan fingerprint density at radius 2 is 1.90 bits per heavy atom. The molecule has 2 aromatic heterocycles. The van der Waals surface area contributed by atoms with Gasteiger partial charge in [-0.3, -0.25) is 9.36 Å². The number of phosphoric acid groups is 3. The van der Waals surface area contributed by atoms with Gasteiger partial charge in [-0.05, 0) is 6.07 Å². The number of carbonyl (C=O) groups excluding carboxylic acids is 1. The Bertz CT molecular complexity index is 1570. The summed E-state index contributed by atoms with van der Waals surface area (Å²) in [6, 6.07) is 2.77. The SMILES string of the molecule is NOc1ccc(C(=O)NCC#Cc2cn(C3OC(OOP(=O)(O)OP(=O)(O)OP(=O)(O)O)CC3O)c(=O)nc2N)cn1. The first-order chi connectivity index (χ1) is 19.5. The second kappa shape index (κ2) is 13.5. The van der Waals surface area contributed by atoms with E-state index >= 15 is 0 Å². The zero-order chi connectivity index (χ0) is 31.3. The largest absolute Gasteiger partial charge is 0.508 e. The minimum Gasteiger partial charge on any atom is -0.391 e. The fraction of sp³-hybridized carbons (Fsp3) is 0.294. The number of aromatic nitrogens is 3. The monoisotopic (exact) mass is 658 g/mol. The number of hydrogen-bond donors (Lipinski definition) is 8. The molecule has 42 heavy (non-hydrogen) atoms. The lowest BCUT2D eigenvalue weighted by Crippen LogP contribution is -2.32. The first-order valence-corrected chi connectivity index (χ1v) is 15.3. The molecule has 0 spiro atoms. The number of ether oxygens (including phenoxy) is 1. The van der Waals surface area contributed by atoms with Gasteiger partial charge >= 0.3 is 29.2 Å². The molecule has 0 radical (unpaired) electrons. The summed E-state index contributed by atoms with van der Waals surface area (Å²) >= 11 is 0. The van der Waals surface area contributed by atoms with Crippen molar-refractivity contribution in [2.45, 2.75) is 25.0 Å². The van der Waals surface area contributed by atoms with Crippen molar-refractivity contribution in [3.63, 3.8) is 0 Å². The molecule has 0 aliphatic carbocycles.